The molecule has 5 heteroatoms. The molecule has 2 aliphatic rings. The van der Waals surface area contributed by atoms with Crippen LogP contribution in [0.25, 0.3) is 0 Å². The van der Waals surface area contributed by atoms with Crippen molar-refractivity contribution in [2.75, 3.05) is 19.6 Å². The van der Waals surface area contributed by atoms with Gasteiger partial charge >= 0.3 is 0 Å². The first-order chi connectivity index (χ1) is 9.15. The number of nitrogens with zero attached hydrogens (tertiary/aromatic N) is 1. The van der Waals surface area contributed by atoms with Crippen LogP contribution in [0.2, 0.25) is 0 Å². The second-order valence-electron chi connectivity index (χ2n) is 5.34. The van der Waals surface area contributed by atoms with E-state index in [0.29, 0.717) is 25.0 Å². The second-order valence-corrected chi connectivity index (χ2v) is 5.34. The van der Waals surface area contributed by atoms with Crippen LogP contribution in [-0.4, -0.2) is 41.6 Å². The normalized spacial score (nSPS) is 26.3. The highest BCUT2D eigenvalue weighted by atomic mass is 19.1. The van der Waals surface area contributed by atoms with Gasteiger partial charge in [-0.2, -0.15) is 0 Å². The number of carbonyl (C=O) groups is 1. The third-order valence-electron chi connectivity index (χ3n) is 4.07. The van der Waals surface area contributed by atoms with Gasteiger partial charge in [0.05, 0.1) is 5.56 Å². The molecule has 0 radical (unpaired) electrons. The quantitative estimate of drug-likeness (QED) is 0.805. The van der Waals surface area contributed by atoms with Gasteiger partial charge in [-0.05, 0) is 37.4 Å². The predicted molar refractivity (Wildman–Crippen MR) is 68.5 cm³/mol. The van der Waals surface area contributed by atoms with Crippen molar-refractivity contribution < 1.29 is 14.3 Å². The van der Waals surface area contributed by atoms with E-state index in [1.807, 2.05) is 0 Å². The summed E-state index contributed by atoms with van der Waals surface area (Å²) in [5, 5.41) is 12.6. The van der Waals surface area contributed by atoms with E-state index in [9.17, 15) is 14.3 Å². The molecule has 1 amide bonds. The number of amides is 1. The first-order valence-corrected chi connectivity index (χ1v) is 6.66. The highest BCUT2D eigenvalue weighted by Crippen LogP contribution is 2.27. The Morgan fingerprint density at radius 1 is 1.42 bits per heavy atom. The third kappa shape index (κ3) is 2.30. The number of hydrogen-bond donors (Lipinski definition) is 2. The summed E-state index contributed by atoms with van der Waals surface area (Å²) in [5.41, 5.74) is 0.0384. The third-order valence-corrected chi connectivity index (χ3v) is 4.07. The van der Waals surface area contributed by atoms with Crippen molar-refractivity contribution >= 4 is 5.91 Å². The SMILES string of the molecule is O=C(c1ccc(O)cc1F)N1C[C@@H]2CCCN[C@@H]2C1. The van der Waals surface area contributed by atoms with Gasteiger partial charge in [-0.3, -0.25) is 4.79 Å². The lowest BCUT2D eigenvalue weighted by Gasteiger charge is -2.24. The van der Waals surface area contributed by atoms with E-state index in [1.165, 1.54) is 12.1 Å². The molecule has 102 valence electrons. The maximum absolute atomic E-state index is 13.7. The Kier molecular flexibility index (Phi) is 3.14. The van der Waals surface area contributed by atoms with Gasteiger partial charge in [-0.25, -0.2) is 4.39 Å². The number of halogens is 1. The Morgan fingerprint density at radius 2 is 2.26 bits per heavy atom. The molecule has 0 aliphatic carbocycles. The summed E-state index contributed by atoms with van der Waals surface area (Å²) in [6, 6.07) is 4.02. The van der Waals surface area contributed by atoms with Gasteiger partial charge in [-0.15, -0.1) is 0 Å². The highest BCUT2D eigenvalue weighted by molar-refractivity contribution is 5.94. The minimum absolute atomic E-state index is 0.0384. The van der Waals surface area contributed by atoms with Crippen molar-refractivity contribution in [3.63, 3.8) is 0 Å². The summed E-state index contributed by atoms with van der Waals surface area (Å²) in [6.07, 6.45) is 2.26. The number of phenols is 1. The van der Waals surface area contributed by atoms with Crippen molar-refractivity contribution in [2.24, 2.45) is 5.92 Å². The van der Waals surface area contributed by atoms with E-state index < -0.39 is 5.82 Å². The summed E-state index contributed by atoms with van der Waals surface area (Å²) in [6.45, 7) is 2.33. The van der Waals surface area contributed by atoms with Gasteiger partial charge in [0.2, 0.25) is 0 Å². The molecule has 0 saturated carbocycles. The Balaban J connectivity index is 1.77. The van der Waals surface area contributed by atoms with Gasteiger partial charge in [0.25, 0.3) is 5.91 Å². The molecule has 3 rings (SSSR count). The zero-order chi connectivity index (χ0) is 13.4. The number of carbonyl (C=O) groups excluding carboxylic acids is 1. The van der Waals surface area contributed by atoms with E-state index in [2.05, 4.69) is 5.32 Å². The average molecular weight is 264 g/mol. The molecule has 1 aromatic rings. The average Bonchev–Trinajstić information content (AvgIpc) is 2.81. The minimum Gasteiger partial charge on any atom is -0.508 e. The molecule has 4 nitrogen and oxygen atoms in total. The summed E-state index contributed by atoms with van der Waals surface area (Å²) in [4.78, 5) is 14.0. The molecule has 0 unspecified atom stereocenters. The number of hydrogen-bond acceptors (Lipinski definition) is 3. The van der Waals surface area contributed by atoms with Crippen molar-refractivity contribution in [1.82, 2.24) is 10.2 Å². The molecule has 2 N–H and O–H groups in total. The van der Waals surface area contributed by atoms with Crippen LogP contribution in [-0.2, 0) is 0 Å². The number of rotatable bonds is 1. The molecule has 0 spiro atoms. The van der Waals surface area contributed by atoms with E-state index >= 15 is 0 Å². The number of fused-ring (bicyclic) bond motifs is 1. The van der Waals surface area contributed by atoms with Crippen molar-refractivity contribution in [1.29, 1.82) is 0 Å². The summed E-state index contributed by atoms with van der Waals surface area (Å²) >= 11 is 0. The molecule has 2 fully saturated rings. The topological polar surface area (TPSA) is 52.6 Å². The number of phenolic OH excluding ortho intramolecular Hbond substituents is 1. The first-order valence-electron chi connectivity index (χ1n) is 6.66. The number of nitrogens with one attached hydrogen (secondary N) is 1. The van der Waals surface area contributed by atoms with Gasteiger partial charge in [0.1, 0.15) is 11.6 Å². The van der Waals surface area contributed by atoms with Crippen LogP contribution in [0.15, 0.2) is 18.2 Å². The number of likely N-dealkylation sites (tertiary alicyclic amines) is 1. The number of benzene rings is 1. The molecular formula is C14H17FN2O2. The van der Waals surface area contributed by atoms with Crippen LogP contribution >= 0.6 is 0 Å². The van der Waals surface area contributed by atoms with Crippen molar-refractivity contribution in [2.45, 2.75) is 18.9 Å². The van der Waals surface area contributed by atoms with Crippen LogP contribution in [0.1, 0.15) is 23.2 Å². The van der Waals surface area contributed by atoms with Gasteiger partial charge in [-0.1, -0.05) is 0 Å². The van der Waals surface area contributed by atoms with E-state index in [-0.39, 0.29) is 17.2 Å². The van der Waals surface area contributed by atoms with E-state index in [1.54, 1.807) is 4.90 Å². The molecule has 2 heterocycles. The second kappa shape index (κ2) is 4.81. The van der Waals surface area contributed by atoms with Crippen molar-refractivity contribution in [3.05, 3.63) is 29.6 Å². The fourth-order valence-electron chi connectivity index (χ4n) is 3.06. The molecule has 2 saturated heterocycles. The molecule has 2 aliphatic heterocycles. The largest absolute Gasteiger partial charge is 0.508 e. The van der Waals surface area contributed by atoms with Crippen LogP contribution in [0, 0.1) is 11.7 Å². The Hall–Kier alpha value is -1.62. The summed E-state index contributed by atoms with van der Waals surface area (Å²) in [7, 11) is 0. The predicted octanol–water partition coefficient (Wildman–Crippen LogP) is 1.36. The fraction of sp³-hybridized carbons (Fsp3) is 0.500. The van der Waals surface area contributed by atoms with E-state index in [4.69, 9.17) is 0 Å². The molecule has 0 bridgehead atoms. The molecule has 2 atom stereocenters. The van der Waals surface area contributed by atoms with Crippen LogP contribution < -0.4 is 5.32 Å². The lowest BCUT2D eigenvalue weighted by Crippen LogP contribution is -2.41. The molecule has 1 aromatic carbocycles. The van der Waals surface area contributed by atoms with Gasteiger partial charge < -0.3 is 15.3 Å². The van der Waals surface area contributed by atoms with Gasteiger partial charge in [0.15, 0.2) is 0 Å². The standard InChI is InChI=1S/C14H17FN2O2/c15-12-6-10(18)3-4-11(12)14(19)17-7-9-2-1-5-16-13(9)8-17/h3-4,6,9,13,16,18H,1-2,5,7-8H2/t9-,13+/m0/s1. The van der Waals surface area contributed by atoms with Crippen LogP contribution in [0.4, 0.5) is 4.39 Å². The highest BCUT2D eigenvalue weighted by Gasteiger charge is 2.37. The smallest absolute Gasteiger partial charge is 0.256 e. The number of piperidine rings is 1. The lowest BCUT2D eigenvalue weighted by molar-refractivity contribution is 0.0781. The maximum Gasteiger partial charge on any atom is 0.256 e. The zero-order valence-electron chi connectivity index (χ0n) is 10.6. The summed E-state index contributed by atoms with van der Waals surface area (Å²) < 4.78 is 13.7. The summed E-state index contributed by atoms with van der Waals surface area (Å²) in [5.74, 6) is -0.620. The number of aromatic hydroxyl groups is 1. The Morgan fingerprint density at radius 3 is 3.00 bits per heavy atom. The monoisotopic (exact) mass is 264 g/mol. The molecule has 0 aromatic heterocycles. The minimum atomic E-state index is -0.659. The Labute approximate surface area is 111 Å². The Bertz CT molecular complexity index is 492. The lowest BCUT2D eigenvalue weighted by atomic mass is 9.94. The van der Waals surface area contributed by atoms with Crippen molar-refractivity contribution in [3.8, 4) is 5.75 Å². The van der Waals surface area contributed by atoms with Crippen LogP contribution in [0.3, 0.4) is 0 Å². The van der Waals surface area contributed by atoms with Gasteiger partial charge in [0, 0.05) is 25.2 Å². The van der Waals surface area contributed by atoms with E-state index in [0.717, 1.165) is 25.5 Å². The zero-order valence-corrected chi connectivity index (χ0v) is 10.6. The molecule has 19 heavy (non-hydrogen) atoms. The first kappa shape index (κ1) is 12.4. The fourth-order valence-corrected chi connectivity index (χ4v) is 3.06. The molecular weight excluding hydrogens is 247 g/mol. The van der Waals surface area contributed by atoms with Crippen LogP contribution in [0.5, 0.6) is 5.75 Å². The maximum atomic E-state index is 13.7.